The molecule has 7 heteroatoms. The van der Waals surface area contributed by atoms with E-state index in [-0.39, 0.29) is 23.9 Å². The Morgan fingerprint density at radius 1 is 1.39 bits per heavy atom. The molecule has 0 unspecified atom stereocenters. The summed E-state index contributed by atoms with van der Waals surface area (Å²) < 4.78 is 11.6. The van der Waals surface area contributed by atoms with E-state index < -0.39 is 0 Å². The highest BCUT2D eigenvalue weighted by atomic mass is 79.9. The number of benzene rings is 1. The lowest BCUT2D eigenvalue weighted by Crippen LogP contribution is -2.51. The van der Waals surface area contributed by atoms with Crippen LogP contribution >= 0.6 is 28.3 Å². The van der Waals surface area contributed by atoms with Gasteiger partial charge in [-0.05, 0) is 47.8 Å². The minimum absolute atomic E-state index is 0. The topological polar surface area (TPSA) is 73.6 Å². The molecule has 0 radical (unpaired) electrons. The molecule has 1 aromatic carbocycles. The van der Waals surface area contributed by atoms with Crippen LogP contribution in [0.15, 0.2) is 16.6 Å². The molecule has 1 saturated carbocycles. The zero-order valence-electron chi connectivity index (χ0n) is 13.5. The van der Waals surface area contributed by atoms with Gasteiger partial charge < -0.3 is 20.5 Å². The molecule has 1 fully saturated rings. The Hall–Kier alpha value is -0.980. The maximum absolute atomic E-state index is 12.6. The fourth-order valence-corrected chi connectivity index (χ4v) is 3.44. The van der Waals surface area contributed by atoms with E-state index in [1.54, 1.807) is 19.2 Å². The second kappa shape index (κ2) is 8.76. The van der Waals surface area contributed by atoms with Gasteiger partial charge in [-0.15, -0.1) is 12.4 Å². The lowest BCUT2D eigenvalue weighted by Gasteiger charge is -2.29. The molecule has 0 atom stereocenters. The summed E-state index contributed by atoms with van der Waals surface area (Å²) in [5.74, 6) is 1.01. The molecular formula is C16H24BrClN2O3. The van der Waals surface area contributed by atoms with Crippen molar-refractivity contribution in [3.8, 4) is 11.5 Å². The fraction of sp³-hybridized carbons (Fsp3) is 0.562. The fourth-order valence-electron chi connectivity index (χ4n) is 2.88. The van der Waals surface area contributed by atoms with Crippen LogP contribution in [-0.4, -0.2) is 31.7 Å². The van der Waals surface area contributed by atoms with Gasteiger partial charge in [0.15, 0.2) is 11.5 Å². The van der Waals surface area contributed by atoms with Gasteiger partial charge in [0.25, 0.3) is 5.91 Å². The van der Waals surface area contributed by atoms with Crippen LogP contribution in [0, 0.1) is 0 Å². The number of nitrogens with one attached hydrogen (secondary N) is 1. The minimum Gasteiger partial charge on any atom is -0.493 e. The molecule has 23 heavy (non-hydrogen) atoms. The van der Waals surface area contributed by atoms with Crippen molar-refractivity contribution >= 4 is 34.2 Å². The van der Waals surface area contributed by atoms with Crippen LogP contribution in [0.25, 0.3) is 0 Å². The molecular weight excluding hydrogens is 384 g/mol. The Morgan fingerprint density at radius 2 is 2.04 bits per heavy atom. The van der Waals surface area contributed by atoms with E-state index in [2.05, 4.69) is 21.2 Å². The molecule has 5 nitrogen and oxygen atoms in total. The monoisotopic (exact) mass is 406 g/mol. The number of ether oxygens (including phenoxy) is 2. The van der Waals surface area contributed by atoms with Crippen molar-refractivity contribution in [1.29, 1.82) is 0 Å². The van der Waals surface area contributed by atoms with Crippen LogP contribution in [0.3, 0.4) is 0 Å². The number of methoxy groups -OCH3 is 1. The van der Waals surface area contributed by atoms with Gasteiger partial charge in [-0.25, -0.2) is 0 Å². The van der Waals surface area contributed by atoms with E-state index in [4.69, 9.17) is 15.2 Å². The summed E-state index contributed by atoms with van der Waals surface area (Å²) in [5, 5.41) is 3.11. The standard InChI is InChI=1S/C16H23BrN2O3.ClH/c1-3-22-14-12(17)8-11(9-13(14)21-2)15(20)19-16(10-18)6-4-5-7-16;/h8-9H,3-7,10,18H2,1-2H3,(H,19,20);1H. The SMILES string of the molecule is CCOc1c(Br)cc(C(=O)NC2(CN)CCCC2)cc1OC.Cl. The summed E-state index contributed by atoms with van der Waals surface area (Å²) >= 11 is 3.44. The molecule has 2 rings (SSSR count). The Balaban J connectivity index is 0.00000264. The minimum atomic E-state index is -0.268. The molecule has 130 valence electrons. The quantitative estimate of drug-likeness (QED) is 0.759. The first-order chi connectivity index (χ1) is 10.5. The highest BCUT2D eigenvalue weighted by Gasteiger charge is 2.34. The Labute approximate surface area is 151 Å². The predicted octanol–water partition coefficient (Wildman–Crippen LogP) is 3.28. The van der Waals surface area contributed by atoms with Gasteiger partial charge in [0.2, 0.25) is 0 Å². The van der Waals surface area contributed by atoms with Crippen LogP contribution in [0.1, 0.15) is 43.0 Å². The van der Waals surface area contributed by atoms with E-state index in [1.165, 1.54) is 0 Å². The number of amides is 1. The van der Waals surface area contributed by atoms with E-state index >= 15 is 0 Å². The van der Waals surface area contributed by atoms with Crippen LogP contribution in [0.2, 0.25) is 0 Å². The molecule has 0 aromatic heterocycles. The largest absolute Gasteiger partial charge is 0.493 e. The zero-order chi connectivity index (χ0) is 16.2. The smallest absolute Gasteiger partial charge is 0.251 e. The third-order valence-corrected chi connectivity index (χ3v) is 4.70. The number of nitrogens with two attached hydrogens (primary N) is 1. The van der Waals surface area contributed by atoms with Crippen molar-refractivity contribution in [3.05, 3.63) is 22.2 Å². The van der Waals surface area contributed by atoms with Gasteiger partial charge in [0.05, 0.1) is 23.7 Å². The molecule has 1 aliphatic rings. The zero-order valence-corrected chi connectivity index (χ0v) is 15.9. The van der Waals surface area contributed by atoms with Crippen molar-refractivity contribution in [3.63, 3.8) is 0 Å². The number of carbonyl (C=O) groups excluding carboxylic acids is 1. The Morgan fingerprint density at radius 3 is 2.57 bits per heavy atom. The molecule has 0 bridgehead atoms. The molecule has 0 saturated heterocycles. The van der Waals surface area contributed by atoms with Crippen molar-refractivity contribution in [2.75, 3.05) is 20.3 Å². The highest BCUT2D eigenvalue weighted by molar-refractivity contribution is 9.10. The van der Waals surface area contributed by atoms with Crippen LogP contribution in [-0.2, 0) is 0 Å². The van der Waals surface area contributed by atoms with Crippen molar-refractivity contribution in [2.45, 2.75) is 38.1 Å². The van der Waals surface area contributed by atoms with Crippen LogP contribution < -0.4 is 20.5 Å². The molecule has 1 aliphatic carbocycles. The Kier molecular flexibility index (Phi) is 7.64. The average molecular weight is 408 g/mol. The number of rotatable bonds is 6. The van der Waals surface area contributed by atoms with Crippen LogP contribution in [0.5, 0.6) is 11.5 Å². The summed E-state index contributed by atoms with van der Waals surface area (Å²) in [6.45, 7) is 2.89. The number of halogens is 2. The first-order valence-electron chi connectivity index (χ1n) is 7.58. The van der Waals surface area contributed by atoms with Crippen molar-refractivity contribution in [1.82, 2.24) is 5.32 Å². The van der Waals surface area contributed by atoms with E-state index in [1.807, 2.05) is 6.92 Å². The first kappa shape index (κ1) is 20.1. The number of hydrogen-bond acceptors (Lipinski definition) is 4. The van der Waals surface area contributed by atoms with Gasteiger partial charge in [-0.3, -0.25) is 4.79 Å². The molecule has 0 heterocycles. The maximum atomic E-state index is 12.6. The first-order valence-corrected chi connectivity index (χ1v) is 8.37. The van der Waals surface area contributed by atoms with Crippen molar-refractivity contribution < 1.29 is 14.3 Å². The normalized spacial score (nSPS) is 15.7. The number of carbonyl (C=O) groups is 1. The van der Waals surface area contributed by atoms with E-state index in [0.29, 0.717) is 34.7 Å². The lowest BCUT2D eigenvalue weighted by atomic mass is 9.97. The van der Waals surface area contributed by atoms with Crippen LogP contribution in [0.4, 0.5) is 0 Å². The Bertz CT molecular complexity index is 548. The third-order valence-electron chi connectivity index (χ3n) is 4.11. The molecule has 0 spiro atoms. The lowest BCUT2D eigenvalue weighted by molar-refractivity contribution is 0.0902. The summed E-state index contributed by atoms with van der Waals surface area (Å²) in [4.78, 5) is 12.6. The van der Waals surface area contributed by atoms with Gasteiger partial charge in [-0.1, -0.05) is 12.8 Å². The molecule has 1 amide bonds. The number of hydrogen-bond donors (Lipinski definition) is 2. The van der Waals surface area contributed by atoms with E-state index in [9.17, 15) is 4.79 Å². The molecule has 0 aliphatic heterocycles. The van der Waals surface area contributed by atoms with Crippen molar-refractivity contribution in [2.24, 2.45) is 5.73 Å². The second-order valence-electron chi connectivity index (χ2n) is 5.57. The maximum Gasteiger partial charge on any atom is 0.251 e. The predicted molar refractivity (Wildman–Crippen MR) is 96.8 cm³/mol. The van der Waals surface area contributed by atoms with Gasteiger partial charge in [-0.2, -0.15) is 0 Å². The molecule has 3 N–H and O–H groups in total. The molecule has 1 aromatic rings. The summed E-state index contributed by atoms with van der Waals surface area (Å²) in [5.41, 5.74) is 6.14. The summed E-state index contributed by atoms with van der Waals surface area (Å²) in [7, 11) is 1.56. The van der Waals surface area contributed by atoms with Gasteiger partial charge in [0, 0.05) is 12.1 Å². The summed E-state index contributed by atoms with van der Waals surface area (Å²) in [6.07, 6.45) is 4.08. The summed E-state index contributed by atoms with van der Waals surface area (Å²) in [6, 6.07) is 3.45. The third kappa shape index (κ3) is 4.52. The highest BCUT2D eigenvalue weighted by Crippen LogP contribution is 2.37. The van der Waals surface area contributed by atoms with Gasteiger partial charge >= 0.3 is 0 Å². The van der Waals surface area contributed by atoms with E-state index in [0.717, 1.165) is 25.7 Å². The average Bonchev–Trinajstić information content (AvgIpc) is 2.98. The second-order valence-corrected chi connectivity index (χ2v) is 6.42. The van der Waals surface area contributed by atoms with Gasteiger partial charge in [0.1, 0.15) is 0 Å².